The monoisotopic (exact) mass is 411 g/mol. The minimum absolute atomic E-state index is 0.635. The van der Waals surface area contributed by atoms with Crippen LogP contribution in [0.15, 0.2) is 66.9 Å². The van der Waals surface area contributed by atoms with Crippen molar-refractivity contribution >= 4 is 17.3 Å². The number of hydrogen-bond acceptors (Lipinski definition) is 5. The molecule has 6 nitrogen and oxygen atoms in total. The van der Waals surface area contributed by atoms with Gasteiger partial charge in [-0.1, -0.05) is 60.4 Å². The molecule has 0 saturated heterocycles. The van der Waals surface area contributed by atoms with Crippen molar-refractivity contribution in [3.8, 4) is 11.8 Å². The zero-order chi connectivity index (χ0) is 21.5. The van der Waals surface area contributed by atoms with Gasteiger partial charge < -0.3 is 9.64 Å². The summed E-state index contributed by atoms with van der Waals surface area (Å²) in [5.41, 5.74) is 3.74. The van der Waals surface area contributed by atoms with Crippen LogP contribution < -0.4 is 4.90 Å². The van der Waals surface area contributed by atoms with Crippen LogP contribution in [0, 0.1) is 18.8 Å². The Hall–Kier alpha value is -3.69. The molecule has 2 aromatic carbocycles. The Balaban J connectivity index is 1.41. The van der Waals surface area contributed by atoms with Gasteiger partial charge in [-0.2, -0.15) is 14.6 Å². The Morgan fingerprint density at radius 2 is 1.74 bits per heavy atom. The van der Waals surface area contributed by atoms with E-state index in [1.54, 1.807) is 10.7 Å². The number of rotatable bonds is 7. The quantitative estimate of drug-likeness (QED) is 0.330. The van der Waals surface area contributed by atoms with E-state index in [9.17, 15) is 0 Å². The van der Waals surface area contributed by atoms with Crippen molar-refractivity contribution in [3.05, 3.63) is 83.8 Å². The maximum absolute atomic E-state index is 5.72. The van der Waals surface area contributed by atoms with E-state index < -0.39 is 0 Å². The maximum Gasteiger partial charge on any atom is 0.234 e. The minimum Gasteiger partial charge on any atom is -0.377 e. The molecule has 0 aliphatic carbocycles. The van der Waals surface area contributed by atoms with Gasteiger partial charge in [0, 0.05) is 25.8 Å². The molecule has 0 atom stereocenters. The van der Waals surface area contributed by atoms with Crippen LogP contribution in [0.2, 0.25) is 0 Å². The lowest BCUT2D eigenvalue weighted by Gasteiger charge is -2.18. The molecular formula is C25H25N5O. The second kappa shape index (κ2) is 9.88. The van der Waals surface area contributed by atoms with Crippen molar-refractivity contribution < 1.29 is 4.74 Å². The first-order valence-electron chi connectivity index (χ1n) is 10.3. The van der Waals surface area contributed by atoms with Gasteiger partial charge in [0.25, 0.3) is 0 Å². The molecule has 2 aromatic heterocycles. The first-order chi connectivity index (χ1) is 15.2. The number of benzene rings is 2. The van der Waals surface area contributed by atoms with Gasteiger partial charge in [-0.25, -0.2) is 4.98 Å². The number of unbranched alkanes of at least 4 members (excludes halogenated alkanes) is 1. The van der Waals surface area contributed by atoms with E-state index in [4.69, 9.17) is 4.74 Å². The van der Waals surface area contributed by atoms with Crippen molar-refractivity contribution in [1.29, 1.82) is 0 Å². The van der Waals surface area contributed by atoms with Gasteiger partial charge >= 0.3 is 0 Å². The van der Waals surface area contributed by atoms with Gasteiger partial charge in [-0.05, 0) is 31.0 Å². The first kappa shape index (κ1) is 20.6. The lowest BCUT2D eigenvalue weighted by molar-refractivity contribution is 0.119. The predicted molar refractivity (Wildman–Crippen MR) is 122 cm³/mol. The molecular weight excluding hydrogens is 386 g/mol. The molecule has 6 heteroatoms. The summed E-state index contributed by atoms with van der Waals surface area (Å²) in [5.74, 6) is 7.82. The van der Waals surface area contributed by atoms with Crippen molar-refractivity contribution in [2.24, 2.45) is 0 Å². The fraction of sp³-hybridized carbons (Fsp3) is 0.240. The van der Waals surface area contributed by atoms with Crippen molar-refractivity contribution in [1.82, 2.24) is 19.6 Å². The summed E-state index contributed by atoms with van der Waals surface area (Å²) in [7, 11) is 1.97. The molecule has 0 spiro atoms. The average molecular weight is 412 g/mol. The first-order valence-corrected chi connectivity index (χ1v) is 10.3. The van der Waals surface area contributed by atoms with Crippen LogP contribution in [0.3, 0.4) is 0 Å². The summed E-state index contributed by atoms with van der Waals surface area (Å²) in [5, 5.41) is 4.49. The van der Waals surface area contributed by atoms with Gasteiger partial charge in [0.05, 0.1) is 18.4 Å². The molecule has 0 amide bonds. The van der Waals surface area contributed by atoms with E-state index in [1.165, 1.54) is 5.56 Å². The smallest absolute Gasteiger partial charge is 0.234 e. The number of ether oxygens (including phenoxy) is 1. The summed E-state index contributed by atoms with van der Waals surface area (Å²) in [6.45, 7) is 3.21. The fourth-order valence-corrected chi connectivity index (χ4v) is 3.22. The Morgan fingerprint density at radius 1 is 1.00 bits per heavy atom. The summed E-state index contributed by atoms with van der Waals surface area (Å²) in [6, 6.07) is 20.3. The van der Waals surface area contributed by atoms with Gasteiger partial charge in [-0.15, -0.1) is 0 Å². The number of para-hydroxylation sites is 1. The van der Waals surface area contributed by atoms with Gasteiger partial charge in [0.1, 0.15) is 5.82 Å². The highest BCUT2D eigenvalue weighted by Gasteiger charge is 2.15. The molecule has 31 heavy (non-hydrogen) atoms. The Morgan fingerprint density at radius 3 is 2.52 bits per heavy atom. The van der Waals surface area contributed by atoms with Crippen molar-refractivity contribution in [2.45, 2.75) is 26.4 Å². The highest BCUT2D eigenvalue weighted by Crippen LogP contribution is 2.22. The number of nitrogens with zero attached hydrogens (tertiary/aromatic N) is 5. The Labute approximate surface area is 182 Å². The molecule has 0 saturated carbocycles. The van der Waals surface area contributed by atoms with E-state index >= 15 is 0 Å². The van der Waals surface area contributed by atoms with Gasteiger partial charge in [-0.3, -0.25) is 0 Å². The van der Waals surface area contributed by atoms with Gasteiger partial charge in [0.2, 0.25) is 5.95 Å². The second-order valence-corrected chi connectivity index (χ2v) is 7.20. The highest BCUT2D eigenvalue weighted by molar-refractivity contribution is 5.62. The number of hydrogen-bond donors (Lipinski definition) is 0. The molecule has 4 aromatic rings. The molecule has 156 valence electrons. The third-order valence-corrected chi connectivity index (χ3v) is 4.83. The summed E-state index contributed by atoms with van der Waals surface area (Å²) in [6.07, 6.45) is 3.40. The normalized spacial score (nSPS) is 10.6. The number of aryl methyl sites for hydroxylation is 1. The molecule has 0 aliphatic rings. The van der Waals surface area contributed by atoms with Gasteiger partial charge in [0.15, 0.2) is 5.65 Å². The Kier molecular flexibility index (Phi) is 6.56. The number of aromatic nitrogens is 4. The lowest BCUT2D eigenvalue weighted by atomic mass is 10.2. The third-order valence-electron chi connectivity index (χ3n) is 4.83. The minimum atomic E-state index is 0.635. The third kappa shape index (κ3) is 5.08. The molecule has 0 unspecified atom stereocenters. The molecule has 0 aliphatic heterocycles. The summed E-state index contributed by atoms with van der Waals surface area (Å²) < 4.78 is 7.46. The van der Waals surface area contributed by atoms with Crippen LogP contribution in [-0.2, 0) is 11.3 Å². The highest BCUT2D eigenvalue weighted by atomic mass is 16.5. The van der Waals surface area contributed by atoms with E-state index in [1.807, 2.05) is 67.4 Å². The molecule has 0 bridgehead atoms. The number of anilines is 2. The van der Waals surface area contributed by atoms with Crippen LogP contribution in [-0.4, -0.2) is 33.2 Å². The predicted octanol–water partition coefficient (Wildman–Crippen LogP) is 4.55. The summed E-state index contributed by atoms with van der Waals surface area (Å²) >= 11 is 0. The van der Waals surface area contributed by atoms with E-state index in [-0.39, 0.29) is 0 Å². The van der Waals surface area contributed by atoms with Crippen LogP contribution in [0.1, 0.15) is 29.8 Å². The number of fused-ring (bicyclic) bond motifs is 1. The zero-order valence-electron chi connectivity index (χ0n) is 17.8. The van der Waals surface area contributed by atoms with Crippen LogP contribution in [0.4, 0.5) is 11.6 Å². The second-order valence-electron chi connectivity index (χ2n) is 7.20. The molecule has 2 heterocycles. The average Bonchev–Trinajstić information content (AvgIpc) is 3.21. The van der Waals surface area contributed by atoms with Crippen LogP contribution in [0.25, 0.3) is 5.65 Å². The molecule has 0 fully saturated rings. The maximum atomic E-state index is 5.72. The van der Waals surface area contributed by atoms with E-state index in [2.05, 4.69) is 39.0 Å². The largest absolute Gasteiger partial charge is 0.377 e. The zero-order valence-corrected chi connectivity index (χ0v) is 17.8. The van der Waals surface area contributed by atoms with Crippen molar-refractivity contribution in [2.75, 3.05) is 18.6 Å². The molecule has 4 rings (SSSR count). The SMILES string of the molecule is Cc1nc(N(C)c2ccccc2)n2ncc(C#CCCCOCc3ccccc3)c2n1. The fourth-order valence-electron chi connectivity index (χ4n) is 3.22. The molecule has 0 N–H and O–H groups in total. The summed E-state index contributed by atoms with van der Waals surface area (Å²) in [4.78, 5) is 11.2. The van der Waals surface area contributed by atoms with E-state index in [0.29, 0.717) is 25.0 Å². The lowest BCUT2D eigenvalue weighted by Crippen LogP contribution is -2.17. The van der Waals surface area contributed by atoms with E-state index in [0.717, 1.165) is 29.7 Å². The Bertz CT molecular complexity index is 1190. The van der Waals surface area contributed by atoms with Crippen LogP contribution >= 0.6 is 0 Å². The van der Waals surface area contributed by atoms with Crippen LogP contribution in [0.5, 0.6) is 0 Å². The van der Waals surface area contributed by atoms with Crippen molar-refractivity contribution in [3.63, 3.8) is 0 Å². The topological polar surface area (TPSA) is 55.6 Å². The standard InChI is InChI=1S/C25H25N5O/c1-20-27-24-22(14-8-5-11-17-31-19-21-12-6-3-7-13-21)18-26-30(24)25(28-20)29(2)23-15-9-4-10-16-23/h3-4,6-7,9-10,12-13,15-16,18H,5,11,17,19H2,1-2H3. The molecule has 0 radical (unpaired) electrons.